The zero-order valence-corrected chi connectivity index (χ0v) is 11.4. The van der Waals surface area contributed by atoms with E-state index in [0.29, 0.717) is 17.5 Å². The van der Waals surface area contributed by atoms with Crippen LogP contribution in [-0.2, 0) is 6.54 Å². The lowest BCUT2D eigenvalue weighted by molar-refractivity contribution is 0.202. The van der Waals surface area contributed by atoms with Crippen LogP contribution >= 0.6 is 0 Å². The van der Waals surface area contributed by atoms with E-state index in [0.717, 1.165) is 18.7 Å². The Bertz CT molecular complexity index is 392. The van der Waals surface area contributed by atoms with Crippen LogP contribution in [0.4, 0.5) is 0 Å². The number of nitrogens with zero attached hydrogens (tertiary/aromatic N) is 1. The second kappa shape index (κ2) is 6.10. The number of hydrogen-bond acceptors (Lipinski definition) is 3. The van der Waals surface area contributed by atoms with Crippen LogP contribution in [0.5, 0.6) is 11.5 Å². The number of phenols is 1. The first-order valence-electron chi connectivity index (χ1n) is 6.80. The lowest BCUT2D eigenvalue weighted by atomic mass is 10.1. The third-order valence-corrected chi connectivity index (χ3v) is 3.86. The molecule has 1 saturated heterocycles. The molecule has 1 aliphatic rings. The van der Waals surface area contributed by atoms with Gasteiger partial charge >= 0.3 is 0 Å². The van der Waals surface area contributed by atoms with Gasteiger partial charge in [0, 0.05) is 24.2 Å². The Hall–Kier alpha value is -1.22. The molecule has 3 nitrogen and oxygen atoms in total. The van der Waals surface area contributed by atoms with Crippen LogP contribution in [0.2, 0.25) is 0 Å². The van der Waals surface area contributed by atoms with Crippen molar-refractivity contribution < 1.29 is 9.84 Å². The van der Waals surface area contributed by atoms with E-state index in [4.69, 9.17) is 4.74 Å². The number of benzene rings is 1. The fraction of sp³-hybridized carbons (Fsp3) is 0.600. The number of methoxy groups -OCH3 is 1. The Morgan fingerprint density at radius 1 is 1.33 bits per heavy atom. The second-order valence-electron chi connectivity index (χ2n) is 5.16. The van der Waals surface area contributed by atoms with Crippen molar-refractivity contribution >= 4 is 0 Å². The molecule has 100 valence electrons. The largest absolute Gasteiger partial charge is 0.507 e. The molecule has 1 aliphatic heterocycles. The van der Waals surface area contributed by atoms with Gasteiger partial charge in [-0.15, -0.1) is 0 Å². The Balaban J connectivity index is 2.07. The first-order valence-corrected chi connectivity index (χ1v) is 6.80. The third kappa shape index (κ3) is 3.16. The molecule has 1 N–H and O–H groups in total. The SMILES string of the molecule is COc1ccc(CN2CCCCCC2C)c(O)c1. The molecule has 2 rings (SSSR count). The van der Waals surface area contributed by atoms with Crippen LogP contribution in [0.1, 0.15) is 38.2 Å². The van der Waals surface area contributed by atoms with Gasteiger partial charge in [-0.05, 0) is 32.4 Å². The third-order valence-electron chi connectivity index (χ3n) is 3.86. The van der Waals surface area contributed by atoms with Crippen molar-refractivity contribution in [3.8, 4) is 11.5 Å². The minimum atomic E-state index is 0.339. The molecule has 0 aliphatic carbocycles. The van der Waals surface area contributed by atoms with Crippen molar-refractivity contribution in [1.82, 2.24) is 4.90 Å². The summed E-state index contributed by atoms with van der Waals surface area (Å²) in [6, 6.07) is 6.18. The maximum atomic E-state index is 10.0. The minimum absolute atomic E-state index is 0.339. The maximum absolute atomic E-state index is 10.0. The van der Waals surface area contributed by atoms with E-state index in [1.54, 1.807) is 13.2 Å². The van der Waals surface area contributed by atoms with E-state index in [1.807, 2.05) is 12.1 Å². The summed E-state index contributed by atoms with van der Waals surface area (Å²) in [7, 11) is 1.62. The highest BCUT2D eigenvalue weighted by Crippen LogP contribution is 2.26. The van der Waals surface area contributed by atoms with Crippen molar-refractivity contribution in [3.05, 3.63) is 23.8 Å². The number of likely N-dealkylation sites (tertiary alicyclic amines) is 1. The Morgan fingerprint density at radius 2 is 2.17 bits per heavy atom. The lowest BCUT2D eigenvalue weighted by Crippen LogP contribution is -2.31. The molecule has 0 bridgehead atoms. The summed E-state index contributed by atoms with van der Waals surface area (Å²) in [5, 5.41) is 10.0. The van der Waals surface area contributed by atoms with Crippen molar-refractivity contribution in [3.63, 3.8) is 0 Å². The molecular formula is C15H23NO2. The molecule has 1 atom stereocenters. The Morgan fingerprint density at radius 3 is 2.89 bits per heavy atom. The van der Waals surface area contributed by atoms with Gasteiger partial charge in [0.2, 0.25) is 0 Å². The second-order valence-corrected chi connectivity index (χ2v) is 5.16. The van der Waals surface area contributed by atoms with E-state index in [2.05, 4.69) is 11.8 Å². The number of phenolic OH excluding ortho intramolecular Hbond substituents is 1. The average molecular weight is 249 g/mol. The van der Waals surface area contributed by atoms with Crippen LogP contribution in [-0.4, -0.2) is 29.7 Å². The first-order chi connectivity index (χ1) is 8.70. The summed E-state index contributed by atoms with van der Waals surface area (Å²) >= 11 is 0. The van der Waals surface area contributed by atoms with Crippen molar-refractivity contribution in [2.75, 3.05) is 13.7 Å². The normalized spacial score (nSPS) is 21.6. The highest BCUT2D eigenvalue weighted by atomic mass is 16.5. The van der Waals surface area contributed by atoms with Gasteiger partial charge in [-0.1, -0.05) is 18.9 Å². The van der Waals surface area contributed by atoms with Crippen LogP contribution in [0.25, 0.3) is 0 Å². The quantitative estimate of drug-likeness (QED) is 0.893. The predicted molar refractivity (Wildman–Crippen MR) is 73.0 cm³/mol. The molecule has 1 fully saturated rings. The summed E-state index contributed by atoms with van der Waals surface area (Å²) in [6.07, 6.45) is 5.18. The molecule has 0 spiro atoms. The summed E-state index contributed by atoms with van der Waals surface area (Å²) in [5.74, 6) is 1.05. The number of ether oxygens (including phenoxy) is 1. The van der Waals surface area contributed by atoms with E-state index in [1.165, 1.54) is 25.7 Å². The molecule has 0 amide bonds. The van der Waals surface area contributed by atoms with Gasteiger partial charge in [0.15, 0.2) is 0 Å². The van der Waals surface area contributed by atoms with Crippen LogP contribution in [0.3, 0.4) is 0 Å². The Kier molecular flexibility index (Phi) is 4.48. The number of hydrogen-bond donors (Lipinski definition) is 1. The van der Waals surface area contributed by atoms with E-state index >= 15 is 0 Å². The molecular weight excluding hydrogens is 226 g/mol. The van der Waals surface area contributed by atoms with Gasteiger partial charge in [-0.25, -0.2) is 0 Å². The number of rotatable bonds is 3. The fourth-order valence-electron chi connectivity index (χ4n) is 2.59. The molecule has 18 heavy (non-hydrogen) atoms. The maximum Gasteiger partial charge on any atom is 0.123 e. The molecule has 0 saturated carbocycles. The van der Waals surface area contributed by atoms with Crippen LogP contribution < -0.4 is 4.74 Å². The highest BCUT2D eigenvalue weighted by Gasteiger charge is 2.18. The van der Waals surface area contributed by atoms with Crippen LogP contribution in [0.15, 0.2) is 18.2 Å². The summed E-state index contributed by atoms with van der Waals surface area (Å²) in [5.41, 5.74) is 0.990. The van der Waals surface area contributed by atoms with Gasteiger partial charge in [0.25, 0.3) is 0 Å². The molecule has 1 aromatic rings. The molecule has 3 heteroatoms. The zero-order valence-electron chi connectivity index (χ0n) is 11.4. The van der Waals surface area contributed by atoms with Gasteiger partial charge in [0.1, 0.15) is 11.5 Å². The van der Waals surface area contributed by atoms with Crippen molar-refractivity contribution in [1.29, 1.82) is 0 Å². The van der Waals surface area contributed by atoms with Crippen molar-refractivity contribution in [2.45, 2.75) is 45.2 Å². The smallest absolute Gasteiger partial charge is 0.123 e. The average Bonchev–Trinajstić information content (AvgIpc) is 2.57. The number of aromatic hydroxyl groups is 1. The van der Waals surface area contributed by atoms with Gasteiger partial charge in [0.05, 0.1) is 7.11 Å². The summed E-state index contributed by atoms with van der Waals surface area (Å²) in [6.45, 7) is 4.25. The van der Waals surface area contributed by atoms with E-state index < -0.39 is 0 Å². The van der Waals surface area contributed by atoms with Gasteiger partial charge in [-0.3, -0.25) is 4.90 Å². The lowest BCUT2D eigenvalue weighted by Gasteiger charge is -2.27. The molecule has 1 aromatic carbocycles. The topological polar surface area (TPSA) is 32.7 Å². The molecule has 1 unspecified atom stereocenters. The predicted octanol–water partition coefficient (Wildman–Crippen LogP) is 3.17. The Labute approximate surface area is 109 Å². The highest BCUT2D eigenvalue weighted by molar-refractivity contribution is 5.39. The molecule has 0 aromatic heterocycles. The fourth-order valence-corrected chi connectivity index (χ4v) is 2.59. The summed E-state index contributed by atoms with van der Waals surface area (Å²) < 4.78 is 5.11. The molecule has 0 radical (unpaired) electrons. The van der Waals surface area contributed by atoms with Gasteiger partial charge < -0.3 is 9.84 Å². The van der Waals surface area contributed by atoms with E-state index in [9.17, 15) is 5.11 Å². The standard InChI is InChI=1S/C15H23NO2/c1-12-6-4-3-5-9-16(12)11-13-7-8-14(18-2)10-15(13)17/h7-8,10,12,17H,3-6,9,11H2,1-2H3. The van der Waals surface area contributed by atoms with Gasteiger partial charge in [-0.2, -0.15) is 0 Å². The monoisotopic (exact) mass is 249 g/mol. The summed E-state index contributed by atoms with van der Waals surface area (Å²) in [4.78, 5) is 2.47. The zero-order chi connectivity index (χ0) is 13.0. The van der Waals surface area contributed by atoms with E-state index in [-0.39, 0.29) is 0 Å². The van der Waals surface area contributed by atoms with Crippen molar-refractivity contribution in [2.24, 2.45) is 0 Å². The minimum Gasteiger partial charge on any atom is -0.507 e. The molecule has 1 heterocycles. The first kappa shape index (κ1) is 13.2. The van der Waals surface area contributed by atoms with Crippen LogP contribution in [0, 0.1) is 0 Å².